The van der Waals surface area contributed by atoms with Crippen molar-refractivity contribution in [2.45, 2.75) is 13.0 Å². The van der Waals surface area contributed by atoms with Crippen LogP contribution in [0.4, 0.5) is 0 Å². The van der Waals surface area contributed by atoms with Crippen molar-refractivity contribution in [3.05, 3.63) is 52.0 Å². The first-order chi connectivity index (χ1) is 10.1. The highest BCUT2D eigenvalue weighted by Gasteiger charge is 2.08. The molecule has 2 aromatic heterocycles. The van der Waals surface area contributed by atoms with Gasteiger partial charge in [-0.05, 0) is 18.2 Å². The Kier molecular flexibility index (Phi) is 5.47. The second kappa shape index (κ2) is 7.33. The normalized spacial score (nSPS) is 11.7. The summed E-state index contributed by atoms with van der Waals surface area (Å²) >= 11 is 11.9. The number of hydrogen-bond acceptors (Lipinski definition) is 2. The second-order valence-electron chi connectivity index (χ2n) is 4.53. The maximum Gasteiger partial charge on any atom is 0.188 e. The molecule has 2 heterocycles. The van der Waals surface area contributed by atoms with Gasteiger partial charge in [0.2, 0.25) is 0 Å². The van der Waals surface area contributed by atoms with Crippen LogP contribution >= 0.6 is 23.2 Å². The van der Waals surface area contributed by atoms with Crippen molar-refractivity contribution in [3.63, 3.8) is 0 Å². The number of aromatic nitrogens is 2. The molecule has 0 bridgehead atoms. The third-order valence-electron chi connectivity index (χ3n) is 3.04. The first-order valence-corrected chi connectivity index (χ1v) is 7.27. The van der Waals surface area contributed by atoms with Gasteiger partial charge in [-0.15, -0.1) is 0 Å². The summed E-state index contributed by atoms with van der Waals surface area (Å²) in [4.78, 5) is 8.51. The Morgan fingerprint density at radius 3 is 2.86 bits per heavy atom. The Morgan fingerprint density at radius 1 is 1.43 bits per heavy atom. The molecule has 2 aromatic rings. The van der Waals surface area contributed by atoms with Crippen LogP contribution in [0.3, 0.4) is 0 Å². The minimum absolute atomic E-state index is 0.388. The van der Waals surface area contributed by atoms with Gasteiger partial charge in [0.05, 0.1) is 11.6 Å². The molecule has 21 heavy (non-hydrogen) atoms. The fourth-order valence-corrected chi connectivity index (χ4v) is 2.24. The van der Waals surface area contributed by atoms with Crippen LogP contribution in [0.1, 0.15) is 11.4 Å². The number of nitrogens with one attached hydrogen (secondary N) is 1. The molecular weight excluding hydrogens is 309 g/mol. The first-order valence-electron chi connectivity index (χ1n) is 6.51. The van der Waals surface area contributed by atoms with Gasteiger partial charge < -0.3 is 15.6 Å². The maximum atomic E-state index is 5.99. The highest BCUT2D eigenvalue weighted by molar-refractivity contribution is 6.41. The number of guanidine groups is 1. The molecule has 112 valence electrons. The molecule has 0 radical (unpaired) electrons. The first kappa shape index (κ1) is 15.7. The van der Waals surface area contributed by atoms with Gasteiger partial charge in [0.15, 0.2) is 5.96 Å². The Balaban J connectivity index is 1.83. The number of nitrogens with zero attached hydrogens (tertiary/aromatic N) is 3. The predicted octanol–water partition coefficient (Wildman–Crippen LogP) is 2.37. The number of rotatable bonds is 5. The number of halogens is 2. The molecule has 0 amide bonds. The van der Waals surface area contributed by atoms with Gasteiger partial charge in [0.1, 0.15) is 5.15 Å². The Bertz CT molecular complexity index is 622. The maximum absolute atomic E-state index is 5.99. The van der Waals surface area contributed by atoms with E-state index in [9.17, 15) is 0 Å². The molecule has 0 fully saturated rings. The van der Waals surface area contributed by atoms with Crippen molar-refractivity contribution < 1.29 is 0 Å². The van der Waals surface area contributed by atoms with E-state index in [-0.39, 0.29) is 0 Å². The predicted molar refractivity (Wildman–Crippen MR) is 86.7 cm³/mol. The lowest BCUT2D eigenvalue weighted by Gasteiger charge is -2.06. The third kappa shape index (κ3) is 4.37. The van der Waals surface area contributed by atoms with Crippen molar-refractivity contribution in [2.24, 2.45) is 17.8 Å². The standard InChI is InChI=1S/C14H17Cl2N5/c1-21-11(8-12(15)13(21)16)9-20-14(17)19-7-5-10-4-2-3-6-18-10/h2-4,6,8H,5,7,9H2,1H3,(H3,17,19,20). The van der Waals surface area contributed by atoms with Crippen LogP contribution in [0.5, 0.6) is 0 Å². The lowest BCUT2D eigenvalue weighted by atomic mass is 10.3. The number of aliphatic imine (C=N–C) groups is 1. The molecule has 0 aliphatic carbocycles. The van der Waals surface area contributed by atoms with E-state index in [1.165, 1.54) is 0 Å². The van der Waals surface area contributed by atoms with Crippen LogP contribution in [-0.4, -0.2) is 22.1 Å². The summed E-state index contributed by atoms with van der Waals surface area (Å²) in [5.74, 6) is 0.388. The van der Waals surface area contributed by atoms with Gasteiger partial charge in [-0.2, -0.15) is 0 Å². The van der Waals surface area contributed by atoms with Gasteiger partial charge in [-0.25, -0.2) is 4.99 Å². The molecule has 0 unspecified atom stereocenters. The Morgan fingerprint density at radius 2 is 2.24 bits per heavy atom. The molecule has 7 heteroatoms. The van der Waals surface area contributed by atoms with E-state index in [2.05, 4.69) is 15.3 Å². The molecule has 0 spiro atoms. The molecule has 0 aliphatic rings. The van der Waals surface area contributed by atoms with Gasteiger partial charge >= 0.3 is 0 Å². The molecule has 5 nitrogen and oxygen atoms in total. The molecule has 2 rings (SSSR count). The number of nitrogens with two attached hydrogens (primary N) is 1. The zero-order valence-corrected chi connectivity index (χ0v) is 13.2. The molecule has 0 aromatic carbocycles. The quantitative estimate of drug-likeness (QED) is 0.655. The molecule has 3 N–H and O–H groups in total. The van der Waals surface area contributed by atoms with Gasteiger partial charge in [-0.3, -0.25) is 4.98 Å². The summed E-state index contributed by atoms with van der Waals surface area (Å²) in [5, 5.41) is 4.08. The fourth-order valence-electron chi connectivity index (χ4n) is 1.83. The topological polar surface area (TPSA) is 68.2 Å². The second-order valence-corrected chi connectivity index (χ2v) is 5.30. The summed E-state index contributed by atoms with van der Waals surface area (Å²) in [6.07, 6.45) is 2.56. The van der Waals surface area contributed by atoms with Crippen molar-refractivity contribution in [3.8, 4) is 0 Å². The molecule has 0 saturated carbocycles. The van der Waals surface area contributed by atoms with E-state index in [0.29, 0.717) is 29.2 Å². The van der Waals surface area contributed by atoms with Gasteiger partial charge in [0, 0.05) is 37.6 Å². The molecule has 0 atom stereocenters. The minimum atomic E-state index is 0.388. The van der Waals surface area contributed by atoms with Crippen molar-refractivity contribution in [2.75, 3.05) is 6.54 Å². The van der Waals surface area contributed by atoms with E-state index >= 15 is 0 Å². The molecular formula is C14H17Cl2N5. The lowest BCUT2D eigenvalue weighted by Crippen LogP contribution is -2.33. The fraction of sp³-hybridized carbons (Fsp3) is 0.286. The Hall–Kier alpha value is -1.72. The summed E-state index contributed by atoms with van der Waals surface area (Å²) in [6.45, 7) is 1.10. The van der Waals surface area contributed by atoms with Crippen LogP contribution < -0.4 is 11.1 Å². The minimum Gasteiger partial charge on any atom is -0.370 e. The van der Waals surface area contributed by atoms with Crippen LogP contribution in [-0.2, 0) is 20.0 Å². The van der Waals surface area contributed by atoms with Gasteiger partial charge in [-0.1, -0.05) is 29.3 Å². The zero-order chi connectivity index (χ0) is 15.2. The van der Waals surface area contributed by atoms with E-state index in [1.54, 1.807) is 16.8 Å². The molecule has 0 aliphatic heterocycles. The van der Waals surface area contributed by atoms with Crippen molar-refractivity contribution in [1.82, 2.24) is 14.9 Å². The summed E-state index contributed by atoms with van der Waals surface area (Å²) in [6, 6.07) is 7.61. The SMILES string of the molecule is Cn1c(CN=C(N)NCCc2ccccn2)cc(Cl)c1Cl. The van der Waals surface area contributed by atoms with Crippen LogP contribution in [0.25, 0.3) is 0 Å². The summed E-state index contributed by atoms with van der Waals surface area (Å²) in [5.41, 5.74) is 7.74. The smallest absolute Gasteiger partial charge is 0.188 e. The zero-order valence-electron chi connectivity index (χ0n) is 11.7. The van der Waals surface area contributed by atoms with Crippen molar-refractivity contribution >= 4 is 29.2 Å². The number of pyridine rings is 1. The largest absolute Gasteiger partial charge is 0.370 e. The number of hydrogen-bond donors (Lipinski definition) is 2. The average molecular weight is 326 g/mol. The third-order valence-corrected chi connectivity index (χ3v) is 3.88. The van der Waals surface area contributed by atoms with E-state index in [1.807, 2.05) is 25.2 Å². The van der Waals surface area contributed by atoms with E-state index in [0.717, 1.165) is 17.8 Å². The molecule has 0 saturated heterocycles. The summed E-state index contributed by atoms with van der Waals surface area (Å²) < 4.78 is 1.79. The monoisotopic (exact) mass is 325 g/mol. The van der Waals surface area contributed by atoms with Gasteiger partial charge in [0.25, 0.3) is 0 Å². The average Bonchev–Trinajstić information content (AvgIpc) is 2.73. The van der Waals surface area contributed by atoms with Crippen LogP contribution in [0, 0.1) is 0 Å². The van der Waals surface area contributed by atoms with Crippen LogP contribution in [0.2, 0.25) is 10.2 Å². The van der Waals surface area contributed by atoms with Crippen LogP contribution in [0.15, 0.2) is 35.5 Å². The van der Waals surface area contributed by atoms with E-state index in [4.69, 9.17) is 28.9 Å². The highest BCUT2D eigenvalue weighted by atomic mass is 35.5. The lowest BCUT2D eigenvalue weighted by molar-refractivity contribution is 0.802. The summed E-state index contributed by atoms with van der Waals surface area (Å²) in [7, 11) is 1.84. The Labute approximate surface area is 133 Å². The highest BCUT2D eigenvalue weighted by Crippen LogP contribution is 2.25. The van der Waals surface area contributed by atoms with Crippen molar-refractivity contribution in [1.29, 1.82) is 0 Å². The van der Waals surface area contributed by atoms with E-state index < -0.39 is 0 Å².